The molecule has 1 rings (SSSR count). The highest BCUT2D eigenvalue weighted by molar-refractivity contribution is 5.80. The molecule has 0 aliphatic carbocycles. The molecule has 0 atom stereocenters. The van der Waals surface area contributed by atoms with Crippen molar-refractivity contribution in [1.82, 2.24) is 0 Å². The van der Waals surface area contributed by atoms with E-state index in [-0.39, 0.29) is 18.1 Å². The SMILES string of the molecule is CC(=O)CNc1ccc(F)cc1. The first kappa shape index (κ1) is 8.71. The Morgan fingerprint density at radius 1 is 1.42 bits per heavy atom. The molecule has 64 valence electrons. The van der Waals surface area contributed by atoms with Crippen molar-refractivity contribution in [3.05, 3.63) is 30.1 Å². The molecule has 0 radical (unpaired) electrons. The number of rotatable bonds is 3. The molecule has 0 fully saturated rings. The van der Waals surface area contributed by atoms with E-state index in [1.54, 1.807) is 12.1 Å². The quantitative estimate of drug-likeness (QED) is 0.744. The van der Waals surface area contributed by atoms with Crippen LogP contribution in [0.25, 0.3) is 0 Å². The van der Waals surface area contributed by atoms with Gasteiger partial charge in [0.15, 0.2) is 0 Å². The summed E-state index contributed by atoms with van der Waals surface area (Å²) in [4.78, 5) is 10.5. The Hall–Kier alpha value is -1.38. The average Bonchev–Trinajstić information content (AvgIpc) is 2.03. The van der Waals surface area contributed by atoms with E-state index >= 15 is 0 Å². The van der Waals surface area contributed by atoms with Gasteiger partial charge < -0.3 is 5.32 Å². The van der Waals surface area contributed by atoms with E-state index in [1.807, 2.05) is 0 Å². The fraction of sp³-hybridized carbons (Fsp3) is 0.222. The normalized spacial score (nSPS) is 9.50. The lowest BCUT2D eigenvalue weighted by Crippen LogP contribution is -2.09. The fourth-order valence-electron chi connectivity index (χ4n) is 0.794. The second-order valence-corrected chi connectivity index (χ2v) is 2.56. The number of carbonyl (C=O) groups is 1. The first-order valence-electron chi connectivity index (χ1n) is 3.67. The van der Waals surface area contributed by atoms with Gasteiger partial charge in [-0.25, -0.2) is 4.39 Å². The molecule has 1 N–H and O–H groups in total. The third-order valence-corrected chi connectivity index (χ3v) is 1.39. The van der Waals surface area contributed by atoms with Crippen LogP contribution in [-0.4, -0.2) is 12.3 Å². The summed E-state index contributed by atoms with van der Waals surface area (Å²) in [5, 5.41) is 2.86. The Morgan fingerprint density at radius 3 is 2.50 bits per heavy atom. The molecule has 0 unspecified atom stereocenters. The Morgan fingerprint density at radius 2 is 2.00 bits per heavy atom. The molecular weight excluding hydrogens is 157 g/mol. The Labute approximate surface area is 70.4 Å². The summed E-state index contributed by atoms with van der Waals surface area (Å²) in [6.45, 7) is 1.78. The topological polar surface area (TPSA) is 29.1 Å². The van der Waals surface area contributed by atoms with E-state index in [4.69, 9.17) is 0 Å². The molecule has 0 spiro atoms. The van der Waals surface area contributed by atoms with Gasteiger partial charge in [0.25, 0.3) is 0 Å². The zero-order valence-electron chi connectivity index (χ0n) is 6.80. The highest BCUT2D eigenvalue weighted by Gasteiger charge is 1.94. The molecule has 0 saturated heterocycles. The number of hydrogen-bond donors (Lipinski definition) is 1. The van der Waals surface area contributed by atoms with E-state index in [0.717, 1.165) is 5.69 Å². The zero-order chi connectivity index (χ0) is 8.97. The average molecular weight is 167 g/mol. The summed E-state index contributed by atoms with van der Waals surface area (Å²) in [6.07, 6.45) is 0. The number of ketones is 1. The van der Waals surface area contributed by atoms with Gasteiger partial charge in [0, 0.05) is 5.69 Å². The minimum Gasteiger partial charge on any atom is -0.378 e. The van der Waals surface area contributed by atoms with Crippen molar-refractivity contribution in [1.29, 1.82) is 0 Å². The second kappa shape index (κ2) is 3.85. The Balaban J connectivity index is 2.53. The van der Waals surface area contributed by atoms with Gasteiger partial charge in [0.1, 0.15) is 11.6 Å². The number of nitrogens with one attached hydrogen (secondary N) is 1. The van der Waals surface area contributed by atoms with Crippen LogP contribution in [0.3, 0.4) is 0 Å². The van der Waals surface area contributed by atoms with E-state index in [1.165, 1.54) is 19.1 Å². The fourth-order valence-corrected chi connectivity index (χ4v) is 0.794. The van der Waals surface area contributed by atoms with E-state index in [9.17, 15) is 9.18 Å². The highest BCUT2D eigenvalue weighted by atomic mass is 19.1. The monoisotopic (exact) mass is 167 g/mol. The minimum absolute atomic E-state index is 0.0549. The third-order valence-electron chi connectivity index (χ3n) is 1.39. The van der Waals surface area contributed by atoms with Gasteiger partial charge in [-0.05, 0) is 31.2 Å². The summed E-state index contributed by atoms with van der Waals surface area (Å²) in [6, 6.07) is 5.89. The molecule has 0 amide bonds. The number of halogens is 1. The van der Waals surface area contributed by atoms with Crippen molar-refractivity contribution in [2.45, 2.75) is 6.92 Å². The predicted octanol–water partition coefficient (Wildman–Crippen LogP) is 1.83. The lowest BCUT2D eigenvalue weighted by atomic mass is 10.3. The molecular formula is C9H10FNO. The van der Waals surface area contributed by atoms with Gasteiger partial charge in [0.2, 0.25) is 0 Å². The molecule has 0 heterocycles. The van der Waals surface area contributed by atoms with Crippen molar-refractivity contribution in [3.63, 3.8) is 0 Å². The molecule has 0 aliphatic heterocycles. The zero-order valence-corrected chi connectivity index (χ0v) is 6.80. The standard InChI is InChI=1S/C9H10FNO/c1-7(12)6-11-9-4-2-8(10)3-5-9/h2-5,11H,6H2,1H3. The molecule has 1 aromatic carbocycles. The summed E-state index contributed by atoms with van der Waals surface area (Å²) in [5.41, 5.74) is 0.756. The van der Waals surface area contributed by atoms with Crippen molar-refractivity contribution < 1.29 is 9.18 Å². The van der Waals surface area contributed by atoms with Gasteiger partial charge in [0.05, 0.1) is 6.54 Å². The van der Waals surface area contributed by atoms with Crippen LogP contribution in [0.4, 0.5) is 10.1 Å². The lowest BCUT2D eigenvalue weighted by molar-refractivity contribution is -0.115. The van der Waals surface area contributed by atoms with Crippen molar-refractivity contribution in [2.24, 2.45) is 0 Å². The van der Waals surface area contributed by atoms with Crippen molar-refractivity contribution in [3.8, 4) is 0 Å². The number of hydrogen-bond acceptors (Lipinski definition) is 2. The maximum atomic E-state index is 12.4. The summed E-state index contributed by atoms with van der Waals surface area (Å²) in [7, 11) is 0. The summed E-state index contributed by atoms with van der Waals surface area (Å²) in [5.74, 6) is -0.220. The molecule has 3 heteroatoms. The summed E-state index contributed by atoms with van der Waals surface area (Å²) >= 11 is 0. The molecule has 12 heavy (non-hydrogen) atoms. The van der Waals surface area contributed by atoms with Gasteiger partial charge in [-0.3, -0.25) is 4.79 Å². The maximum Gasteiger partial charge on any atom is 0.148 e. The van der Waals surface area contributed by atoms with E-state index in [2.05, 4.69) is 5.32 Å². The Kier molecular flexibility index (Phi) is 2.80. The van der Waals surface area contributed by atoms with Crippen molar-refractivity contribution >= 4 is 11.5 Å². The molecule has 0 aromatic heterocycles. The smallest absolute Gasteiger partial charge is 0.148 e. The van der Waals surface area contributed by atoms with Crippen molar-refractivity contribution in [2.75, 3.05) is 11.9 Å². The van der Waals surface area contributed by atoms with Gasteiger partial charge in [-0.1, -0.05) is 0 Å². The number of anilines is 1. The lowest BCUT2D eigenvalue weighted by Gasteiger charge is -2.02. The van der Waals surface area contributed by atoms with Crippen LogP contribution in [0, 0.1) is 5.82 Å². The van der Waals surface area contributed by atoms with Crippen LogP contribution in [0.15, 0.2) is 24.3 Å². The van der Waals surface area contributed by atoms with E-state index in [0.29, 0.717) is 0 Å². The van der Waals surface area contributed by atoms with Crippen LogP contribution < -0.4 is 5.32 Å². The van der Waals surface area contributed by atoms with Gasteiger partial charge >= 0.3 is 0 Å². The molecule has 0 bridgehead atoms. The van der Waals surface area contributed by atoms with E-state index < -0.39 is 0 Å². The maximum absolute atomic E-state index is 12.4. The molecule has 0 aliphatic rings. The number of Topliss-reactive ketones (excluding diaryl/α,β-unsaturated/α-hetero) is 1. The first-order chi connectivity index (χ1) is 5.68. The third kappa shape index (κ3) is 2.70. The van der Waals surface area contributed by atoms with Crippen LogP contribution in [0.1, 0.15) is 6.92 Å². The van der Waals surface area contributed by atoms with Crippen LogP contribution >= 0.6 is 0 Å². The highest BCUT2D eigenvalue weighted by Crippen LogP contribution is 2.07. The van der Waals surface area contributed by atoms with Crippen LogP contribution in [-0.2, 0) is 4.79 Å². The van der Waals surface area contributed by atoms with Gasteiger partial charge in [-0.15, -0.1) is 0 Å². The van der Waals surface area contributed by atoms with Crippen LogP contribution in [0.2, 0.25) is 0 Å². The minimum atomic E-state index is -0.275. The first-order valence-corrected chi connectivity index (χ1v) is 3.67. The summed E-state index contributed by atoms with van der Waals surface area (Å²) < 4.78 is 12.4. The molecule has 2 nitrogen and oxygen atoms in total. The largest absolute Gasteiger partial charge is 0.378 e. The molecule has 1 aromatic rings. The molecule has 0 saturated carbocycles. The predicted molar refractivity (Wildman–Crippen MR) is 45.6 cm³/mol. The number of benzene rings is 1. The van der Waals surface area contributed by atoms with Gasteiger partial charge in [-0.2, -0.15) is 0 Å². The Bertz CT molecular complexity index is 268. The second-order valence-electron chi connectivity index (χ2n) is 2.56. The van der Waals surface area contributed by atoms with Crippen LogP contribution in [0.5, 0.6) is 0 Å². The number of carbonyl (C=O) groups excluding carboxylic acids is 1.